The summed E-state index contributed by atoms with van der Waals surface area (Å²) >= 11 is 0. The van der Waals surface area contributed by atoms with Crippen molar-refractivity contribution < 1.29 is 40.6 Å². The van der Waals surface area contributed by atoms with Crippen LogP contribution in [0, 0.1) is 13.8 Å². The number of anilines is 1. The molecule has 12 heteroatoms. The number of fused-ring (bicyclic) bond motifs is 1. The molecule has 1 aliphatic rings. The monoisotopic (exact) mass is 441 g/mol. The summed E-state index contributed by atoms with van der Waals surface area (Å²) in [7, 11) is 0. The Morgan fingerprint density at radius 3 is 2.39 bits per heavy atom. The standard InChI is InChI=1S/C19H12F5N3O4/c1-8-5-12-13(31-19(23,24)30-12)6-11(8)10-3-4-14(25-7-10)27-17(28)15-16(18(20,21)22)29-9(2)26-15/h3-7H,1-2H3,(H,25,27,28). The van der Waals surface area contributed by atoms with Gasteiger partial charge in [-0.1, -0.05) is 0 Å². The number of aromatic nitrogens is 2. The quantitative estimate of drug-likeness (QED) is 0.579. The summed E-state index contributed by atoms with van der Waals surface area (Å²) < 4.78 is 78.8. The van der Waals surface area contributed by atoms with Crippen LogP contribution in [0.25, 0.3) is 11.1 Å². The molecule has 1 N–H and O–H groups in total. The van der Waals surface area contributed by atoms with E-state index in [0.717, 1.165) is 0 Å². The van der Waals surface area contributed by atoms with Crippen LogP contribution in [0.3, 0.4) is 0 Å². The molecule has 7 nitrogen and oxygen atoms in total. The van der Waals surface area contributed by atoms with E-state index in [1.165, 1.54) is 37.4 Å². The van der Waals surface area contributed by atoms with Gasteiger partial charge in [0.15, 0.2) is 23.1 Å². The molecule has 1 aliphatic heterocycles. The maximum absolute atomic E-state index is 13.2. The SMILES string of the molecule is Cc1nc(C(=O)Nc2ccc(-c3cc4c(cc3C)OC(F)(F)O4)cn2)c(C(F)(F)F)o1. The summed E-state index contributed by atoms with van der Waals surface area (Å²) in [6, 6.07) is 5.58. The lowest BCUT2D eigenvalue weighted by atomic mass is 10.0. The van der Waals surface area contributed by atoms with Crippen molar-refractivity contribution in [3.8, 4) is 22.6 Å². The fraction of sp³-hybridized carbons (Fsp3) is 0.211. The first-order valence-corrected chi connectivity index (χ1v) is 8.66. The van der Waals surface area contributed by atoms with Gasteiger partial charge in [0, 0.05) is 18.7 Å². The van der Waals surface area contributed by atoms with Gasteiger partial charge in [0.2, 0.25) is 5.76 Å². The van der Waals surface area contributed by atoms with Gasteiger partial charge in [0.25, 0.3) is 5.91 Å². The van der Waals surface area contributed by atoms with Crippen LogP contribution in [0.1, 0.15) is 27.7 Å². The van der Waals surface area contributed by atoms with E-state index in [4.69, 9.17) is 0 Å². The Bertz CT molecular complexity index is 1170. The molecule has 0 unspecified atom stereocenters. The average molecular weight is 441 g/mol. The second-order valence-electron chi connectivity index (χ2n) is 6.58. The van der Waals surface area contributed by atoms with Gasteiger partial charge >= 0.3 is 12.5 Å². The number of rotatable bonds is 3. The molecule has 0 saturated carbocycles. The molecule has 0 spiro atoms. The number of nitrogens with zero attached hydrogens (tertiary/aromatic N) is 2. The number of oxazole rings is 1. The largest absolute Gasteiger partial charge is 0.586 e. The lowest BCUT2D eigenvalue weighted by Crippen LogP contribution is -2.25. The molecule has 0 bridgehead atoms. The fourth-order valence-electron chi connectivity index (χ4n) is 2.98. The Kier molecular flexibility index (Phi) is 4.60. The van der Waals surface area contributed by atoms with Gasteiger partial charge in [-0.05, 0) is 42.3 Å². The molecule has 1 amide bonds. The van der Waals surface area contributed by atoms with E-state index >= 15 is 0 Å². The molecule has 0 aliphatic carbocycles. The fourth-order valence-corrected chi connectivity index (χ4v) is 2.98. The highest BCUT2D eigenvalue weighted by Gasteiger charge is 2.44. The first kappa shape index (κ1) is 20.6. The van der Waals surface area contributed by atoms with Gasteiger partial charge in [-0.25, -0.2) is 9.97 Å². The lowest BCUT2D eigenvalue weighted by Gasteiger charge is -2.09. The van der Waals surface area contributed by atoms with Crippen LogP contribution >= 0.6 is 0 Å². The highest BCUT2D eigenvalue weighted by Crippen LogP contribution is 2.44. The number of nitrogens with one attached hydrogen (secondary N) is 1. The zero-order valence-electron chi connectivity index (χ0n) is 15.8. The second-order valence-corrected chi connectivity index (χ2v) is 6.58. The van der Waals surface area contributed by atoms with Gasteiger partial charge in [-0.15, -0.1) is 8.78 Å². The number of alkyl halides is 5. The summed E-state index contributed by atoms with van der Waals surface area (Å²) in [5.74, 6) is -3.27. The number of amides is 1. The number of carbonyl (C=O) groups is 1. The zero-order valence-corrected chi connectivity index (χ0v) is 15.8. The van der Waals surface area contributed by atoms with E-state index < -0.39 is 29.8 Å². The maximum atomic E-state index is 13.2. The molecule has 1 aromatic carbocycles. The van der Waals surface area contributed by atoms with Crippen LogP contribution in [0.5, 0.6) is 11.5 Å². The van der Waals surface area contributed by atoms with Crippen LogP contribution in [-0.2, 0) is 6.18 Å². The first-order valence-electron chi connectivity index (χ1n) is 8.66. The minimum Gasteiger partial charge on any atom is -0.436 e. The average Bonchev–Trinajstić information content (AvgIpc) is 3.20. The summed E-state index contributed by atoms with van der Waals surface area (Å²) in [5.41, 5.74) is 0.678. The Labute approximate surface area is 170 Å². The minimum atomic E-state index is -4.89. The topological polar surface area (TPSA) is 86.5 Å². The number of aryl methyl sites for hydroxylation is 2. The Balaban J connectivity index is 1.56. The molecule has 162 valence electrons. The van der Waals surface area contributed by atoms with Gasteiger partial charge < -0.3 is 19.2 Å². The van der Waals surface area contributed by atoms with E-state index in [1.54, 1.807) is 6.92 Å². The first-order chi connectivity index (χ1) is 14.4. The molecule has 0 atom stereocenters. The van der Waals surface area contributed by atoms with Crippen LogP contribution < -0.4 is 14.8 Å². The van der Waals surface area contributed by atoms with Gasteiger partial charge in [0.05, 0.1) is 0 Å². The number of ether oxygens (including phenoxy) is 2. The number of halogens is 5. The lowest BCUT2D eigenvalue weighted by molar-refractivity contribution is -0.286. The van der Waals surface area contributed by atoms with Crippen molar-refractivity contribution in [2.24, 2.45) is 0 Å². The number of pyridine rings is 1. The van der Waals surface area contributed by atoms with Gasteiger partial charge in [0.1, 0.15) is 5.82 Å². The molecular weight excluding hydrogens is 429 g/mol. The molecule has 0 radical (unpaired) electrons. The summed E-state index contributed by atoms with van der Waals surface area (Å²) in [6.45, 7) is 2.85. The Morgan fingerprint density at radius 2 is 1.77 bits per heavy atom. The number of benzene rings is 1. The van der Waals surface area contributed by atoms with Crippen molar-refractivity contribution >= 4 is 11.7 Å². The smallest absolute Gasteiger partial charge is 0.436 e. The highest BCUT2D eigenvalue weighted by molar-refractivity contribution is 6.03. The zero-order chi connectivity index (χ0) is 22.6. The third kappa shape index (κ3) is 4.00. The third-order valence-electron chi connectivity index (χ3n) is 4.27. The van der Waals surface area contributed by atoms with E-state index in [-0.39, 0.29) is 23.2 Å². The molecule has 3 heterocycles. The second kappa shape index (κ2) is 6.93. The molecular formula is C19H12F5N3O4. The van der Waals surface area contributed by atoms with Crippen molar-refractivity contribution in [1.29, 1.82) is 0 Å². The minimum absolute atomic E-state index is 0.0487. The molecule has 31 heavy (non-hydrogen) atoms. The Morgan fingerprint density at radius 1 is 1.10 bits per heavy atom. The van der Waals surface area contributed by atoms with Crippen molar-refractivity contribution in [3.63, 3.8) is 0 Å². The van der Waals surface area contributed by atoms with Crippen LogP contribution in [0.2, 0.25) is 0 Å². The number of hydrogen-bond donors (Lipinski definition) is 1. The summed E-state index contributed by atoms with van der Waals surface area (Å²) in [6.07, 6.45) is -7.33. The third-order valence-corrected chi connectivity index (χ3v) is 4.27. The number of carbonyl (C=O) groups excluding carboxylic acids is 1. The van der Waals surface area contributed by atoms with Gasteiger partial charge in [-0.3, -0.25) is 4.79 Å². The van der Waals surface area contributed by atoms with Crippen LogP contribution in [0.4, 0.5) is 27.8 Å². The van der Waals surface area contributed by atoms with Crippen molar-refractivity contribution in [2.45, 2.75) is 26.3 Å². The highest BCUT2D eigenvalue weighted by atomic mass is 19.4. The molecule has 0 fully saturated rings. The summed E-state index contributed by atoms with van der Waals surface area (Å²) in [5, 5.41) is 2.21. The molecule has 2 aromatic heterocycles. The van der Waals surface area contributed by atoms with Crippen molar-refractivity contribution in [1.82, 2.24) is 9.97 Å². The van der Waals surface area contributed by atoms with Crippen LogP contribution in [-0.4, -0.2) is 22.2 Å². The van der Waals surface area contributed by atoms with E-state index in [9.17, 15) is 26.7 Å². The molecule has 3 aromatic rings. The number of hydrogen-bond acceptors (Lipinski definition) is 6. The van der Waals surface area contributed by atoms with Crippen LogP contribution in [0.15, 0.2) is 34.9 Å². The van der Waals surface area contributed by atoms with Crippen molar-refractivity contribution in [3.05, 3.63) is 53.4 Å². The predicted molar refractivity (Wildman–Crippen MR) is 94.8 cm³/mol. The van der Waals surface area contributed by atoms with E-state index in [2.05, 4.69) is 29.2 Å². The van der Waals surface area contributed by atoms with Crippen molar-refractivity contribution in [2.75, 3.05) is 5.32 Å². The Hall–Kier alpha value is -3.70. The van der Waals surface area contributed by atoms with E-state index in [0.29, 0.717) is 16.7 Å². The predicted octanol–water partition coefficient (Wildman–Crippen LogP) is 4.95. The normalized spacial score (nSPS) is 14.5. The van der Waals surface area contributed by atoms with Gasteiger partial charge in [-0.2, -0.15) is 13.2 Å². The summed E-state index contributed by atoms with van der Waals surface area (Å²) in [4.78, 5) is 19.7. The molecule has 0 saturated heterocycles. The van der Waals surface area contributed by atoms with E-state index in [1.807, 2.05) is 0 Å². The molecule has 4 rings (SSSR count). The maximum Gasteiger partial charge on any atom is 0.586 e.